The Kier molecular flexibility index (Phi) is 3.47. The summed E-state index contributed by atoms with van der Waals surface area (Å²) in [7, 11) is 1.82. The Morgan fingerprint density at radius 1 is 1.57 bits per heavy atom. The first kappa shape index (κ1) is 14.4. The summed E-state index contributed by atoms with van der Waals surface area (Å²) in [5.41, 5.74) is 0.345. The van der Waals surface area contributed by atoms with E-state index in [0.29, 0.717) is 13.2 Å². The van der Waals surface area contributed by atoms with Gasteiger partial charge in [-0.3, -0.25) is 9.48 Å². The Hall–Kier alpha value is -1.50. The van der Waals surface area contributed by atoms with E-state index in [1.54, 1.807) is 10.9 Å². The SMILES string of the molecule is Cn1cc(C2(CNC(=O)C3CC(F)(F)C3)CCCO2)cn1. The monoisotopic (exact) mass is 299 g/mol. The predicted molar refractivity (Wildman–Crippen MR) is 70.8 cm³/mol. The standard InChI is InChI=1S/C14H19F2N3O2/c1-19-8-11(7-18-19)13(3-2-4-21-13)9-17-12(20)10-5-14(15,16)6-10/h7-8,10H,2-6,9H2,1H3,(H,17,20). The molecule has 21 heavy (non-hydrogen) atoms. The van der Waals surface area contributed by atoms with Gasteiger partial charge in [0.15, 0.2) is 0 Å². The van der Waals surface area contributed by atoms with Crippen LogP contribution in [0.1, 0.15) is 31.2 Å². The maximum atomic E-state index is 12.8. The van der Waals surface area contributed by atoms with Crippen molar-refractivity contribution in [2.24, 2.45) is 13.0 Å². The minimum Gasteiger partial charge on any atom is -0.368 e. The highest BCUT2D eigenvalue weighted by molar-refractivity contribution is 5.80. The summed E-state index contributed by atoms with van der Waals surface area (Å²) in [4.78, 5) is 11.9. The van der Waals surface area contributed by atoms with Gasteiger partial charge in [-0.25, -0.2) is 8.78 Å². The number of halogens is 2. The van der Waals surface area contributed by atoms with Crippen molar-refractivity contribution in [1.82, 2.24) is 15.1 Å². The first-order valence-corrected chi connectivity index (χ1v) is 7.19. The number of rotatable bonds is 4. The fraction of sp³-hybridized carbons (Fsp3) is 0.714. The van der Waals surface area contributed by atoms with E-state index in [0.717, 1.165) is 18.4 Å². The van der Waals surface area contributed by atoms with Gasteiger partial charge in [-0.1, -0.05) is 0 Å². The maximum absolute atomic E-state index is 12.8. The minimum atomic E-state index is -2.67. The zero-order valence-electron chi connectivity index (χ0n) is 11.9. The molecule has 0 radical (unpaired) electrons. The van der Waals surface area contributed by atoms with Gasteiger partial charge >= 0.3 is 0 Å². The van der Waals surface area contributed by atoms with E-state index in [-0.39, 0.29) is 18.7 Å². The third-order valence-electron chi connectivity index (χ3n) is 4.34. The van der Waals surface area contributed by atoms with Crippen LogP contribution in [0.2, 0.25) is 0 Å². The van der Waals surface area contributed by atoms with Gasteiger partial charge in [-0.15, -0.1) is 0 Å². The molecule has 7 heteroatoms. The number of aryl methyl sites for hydroxylation is 1. The molecule has 0 aromatic carbocycles. The lowest BCUT2D eigenvalue weighted by Gasteiger charge is -2.35. The van der Waals surface area contributed by atoms with Crippen LogP contribution in [0.4, 0.5) is 8.78 Å². The molecule has 1 amide bonds. The van der Waals surface area contributed by atoms with Crippen LogP contribution in [-0.2, 0) is 22.2 Å². The molecule has 116 valence electrons. The molecule has 1 aliphatic carbocycles. The molecular formula is C14H19F2N3O2. The summed E-state index contributed by atoms with van der Waals surface area (Å²) in [5, 5.41) is 6.92. The van der Waals surface area contributed by atoms with Crippen LogP contribution in [0, 0.1) is 5.92 Å². The number of alkyl halides is 2. The minimum absolute atomic E-state index is 0.305. The summed E-state index contributed by atoms with van der Waals surface area (Å²) in [6.07, 6.45) is 4.61. The molecule has 0 spiro atoms. The van der Waals surface area contributed by atoms with Crippen molar-refractivity contribution >= 4 is 5.91 Å². The summed E-state index contributed by atoms with van der Waals surface area (Å²) < 4.78 is 33.2. The molecule has 5 nitrogen and oxygen atoms in total. The van der Waals surface area contributed by atoms with Crippen LogP contribution in [-0.4, -0.2) is 34.8 Å². The maximum Gasteiger partial charge on any atom is 0.249 e. The van der Waals surface area contributed by atoms with Crippen molar-refractivity contribution in [3.8, 4) is 0 Å². The summed E-state index contributed by atoms with van der Waals surface area (Å²) >= 11 is 0. The zero-order chi connectivity index (χ0) is 15.1. The fourth-order valence-corrected chi connectivity index (χ4v) is 3.04. The van der Waals surface area contributed by atoms with E-state index >= 15 is 0 Å². The largest absolute Gasteiger partial charge is 0.368 e. The van der Waals surface area contributed by atoms with Crippen LogP contribution in [0.5, 0.6) is 0 Å². The highest BCUT2D eigenvalue weighted by atomic mass is 19.3. The highest BCUT2D eigenvalue weighted by Crippen LogP contribution is 2.42. The number of nitrogens with zero attached hydrogens (tertiary/aromatic N) is 2. The molecule has 1 N–H and O–H groups in total. The Balaban J connectivity index is 1.63. The molecule has 3 rings (SSSR count). The number of nitrogens with one attached hydrogen (secondary N) is 1. The Morgan fingerprint density at radius 3 is 2.86 bits per heavy atom. The Morgan fingerprint density at radius 2 is 2.33 bits per heavy atom. The average Bonchev–Trinajstić information content (AvgIpc) is 3.02. The lowest BCUT2D eigenvalue weighted by Crippen LogP contribution is -2.48. The molecule has 0 bridgehead atoms. The number of hydrogen-bond acceptors (Lipinski definition) is 3. The van der Waals surface area contributed by atoms with E-state index in [1.807, 2.05) is 13.2 Å². The lowest BCUT2D eigenvalue weighted by atomic mass is 9.80. The third-order valence-corrected chi connectivity index (χ3v) is 4.34. The van der Waals surface area contributed by atoms with Crippen molar-refractivity contribution in [2.45, 2.75) is 37.2 Å². The molecule has 2 aliphatic rings. The van der Waals surface area contributed by atoms with E-state index in [1.165, 1.54) is 0 Å². The van der Waals surface area contributed by atoms with Crippen molar-refractivity contribution in [3.05, 3.63) is 18.0 Å². The van der Waals surface area contributed by atoms with Crippen molar-refractivity contribution < 1.29 is 18.3 Å². The third kappa shape index (κ3) is 2.79. The summed E-state index contributed by atoms with van der Waals surface area (Å²) in [6.45, 7) is 0.936. The normalized spacial score (nSPS) is 28.3. The number of aromatic nitrogens is 2. The predicted octanol–water partition coefficient (Wildman–Crippen LogP) is 1.59. The number of hydrogen-bond donors (Lipinski definition) is 1. The van der Waals surface area contributed by atoms with Gasteiger partial charge in [0.1, 0.15) is 5.60 Å². The van der Waals surface area contributed by atoms with Crippen molar-refractivity contribution in [3.63, 3.8) is 0 Å². The van der Waals surface area contributed by atoms with Gasteiger partial charge in [0, 0.05) is 44.2 Å². The van der Waals surface area contributed by atoms with Gasteiger partial charge in [-0.05, 0) is 12.8 Å². The van der Waals surface area contributed by atoms with E-state index in [9.17, 15) is 13.6 Å². The number of amides is 1. The molecule has 1 unspecified atom stereocenters. The van der Waals surface area contributed by atoms with Crippen LogP contribution < -0.4 is 5.32 Å². The number of ether oxygens (including phenoxy) is 1. The Labute approximate surface area is 121 Å². The quantitative estimate of drug-likeness (QED) is 0.918. The van der Waals surface area contributed by atoms with Gasteiger partial charge in [0.2, 0.25) is 11.8 Å². The molecule has 1 aromatic rings. The zero-order valence-corrected chi connectivity index (χ0v) is 11.9. The van der Waals surface area contributed by atoms with Crippen LogP contribution in [0.15, 0.2) is 12.4 Å². The summed E-state index contributed by atoms with van der Waals surface area (Å²) in [5.74, 6) is -3.56. The summed E-state index contributed by atoms with van der Waals surface area (Å²) in [6, 6.07) is 0. The van der Waals surface area contributed by atoms with E-state index in [2.05, 4.69) is 10.4 Å². The second kappa shape index (κ2) is 5.05. The van der Waals surface area contributed by atoms with Gasteiger partial charge < -0.3 is 10.1 Å². The molecule has 1 aromatic heterocycles. The van der Waals surface area contributed by atoms with Gasteiger partial charge in [-0.2, -0.15) is 5.10 Å². The van der Waals surface area contributed by atoms with Crippen LogP contribution in [0.3, 0.4) is 0 Å². The second-order valence-corrected chi connectivity index (χ2v) is 6.03. The molecule has 1 aliphatic heterocycles. The van der Waals surface area contributed by atoms with Crippen LogP contribution >= 0.6 is 0 Å². The highest BCUT2D eigenvalue weighted by Gasteiger charge is 2.49. The Bertz CT molecular complexity index is 530. The lowest BCUT2D eigenvalue weighted by molar-refractivity contribution is -0.151. The molecule has 1 atom stereocenters. The van der Waals surface area contributed by atoms with E-state index < -0.39 is 17.4 Å². The second-order valence-electron chi connectivity index (χ2n) is 6.03. The van der Waals surface area contributed by atoms with Crippen LogP contribution in [0.25, 0.3) is 0 Å². The van der Waals surface area contributed by atoms with Gasteiger partial charge in [0.25, 0.3) is 0 Å². The topological polar surface area (TPSA) is 56.2 Å². The number of carbonyl (C=O) groups excluding carboxylic acids is 1. The first-order valence-electron chi connectivity index (χ1n) is 7.19. The molecule has 1 saturated heterocycles. The average molecular weight is 299 g/mol. The first-order chi connectivity index (χ1) is 9.90. The number of carbonyl (C=O) groups is 1. The van der Waals surface area contributed by atoms with Crippen molar-refractivity contribution in [1.29, 1.82) is 0 Å². The molecular weight excluding hydrogens is 280 g/mol. The molecule has 2 fully saturated rings. The molecule has 1 saturated carbocycles. The smallest absolute Gasteiger partial charge is 0.249 e. The molecule has 2 heterocycles. The fourth-order valence-electron chi connectivity index (χ4n) is 3.04. The van der Waals surface area contributed by atoms with E-state index in [4.69, 9.17) is 4.74 Å². The van der Waals surface area contributed by atoms with Crippen molar-refractivity contribution in [2.75, 3.05) is 13.2 Å². The van der Waals surface area contributed by atoms with Gasteiger partial charge in [0.05, 0.1) is 12.7 Å².